The molecular formula is C18H24N2O2. The molecule has 0 radical (unpaired) electrons. The summed E-state index contributed by atoms with van der Waals surface area (Å²) in [7, 11) is 1.77. The van der Waals surface area contributed by atoms with Crippen LogP contribution in [0, 0.1) is 17.8 Å². The van der Waals surface area contributed by atoms with Gasteiger partial charge in [-0.3, -0.25) is 0 Å². The summed E-state index contributed by atoms with van der Waals surface area (Å²) in [6, 6.07) is 9.55. The summed E-state index contributed by atoms with van der Waals surface area (Å²) in [6.45, 7) is 0.921. The largest absolute Gasteiger partial charge is 0.393 e. The van der Waals surface area contributed by atoms with Crippen LogP contribution in [0.5, 0.6) is 0 Å². The van der Waals surface area contributed by atoms with Crippen molar-refractivity contribution >= 4 is 6.03 Å². The first-order valence-corrected chi connectivity index (χ1v) is 7.88. The van der Waals surface area contributed by atoms with Crippen LogP contribution in [-0.4, -0.2) is 42.3 Å². The van der Waals surface area contributed by atoms with Gasteiger partial charge in [-0.1, -0.05) is 42.9 Å². The van der Waals surface area contributed by atoms with Crippen LogP contribution in [0.2, 0.25) is 0 Å². The molecule has 1 aliphatic carbocycles. The molecule has 0 spiro atoms. The van der Waals surface area contributed by atoms with Gasteiger partial charge < -0.3 is 15.3 Å². The van der Waals surface area contributed by atoms with Crippen LogP contribution in [0.3, 0.4) is 0 Å². The molecule has 1 aromatic rings. The molecule has 2 amide bonds. The van der Waals surface area contributed by atoms with Crippen LogP contribution in [-0.2, 0) is 0 Å². The number of amides is 2. The summed E-state index contributed by atoms with van der Waals surface area (Å²) in [6.07, 6.45) is 3.79. The maximum Gasteiger partial charge on any atom is 0.317 e. The van der Waals surface area contributed by atoms with Gasteiger partial charge in [0.1, 0.15) is 0 Å². The lowest BCUT2D eigenvalue weighted by atomic mass is 9.86. The lowest BCUT2D eigenvalue weighted by molar-refractivity contribution is 0.0566. The van der Waals surface area contributed by atoms with E-state index in [2.05, 4.69) is 17.2 Å². The van der Waals surface area contributed by atoms with Crippen molar-refractivity contribution < 1.29 is 9.90 Å². The van der Waals surface area contributed by atoms with Gasteiger partial charge in [-0.15, -0.1) is 0 Å². The normalized spacial score (nSPS) is 20.6. The van der Waals surface area contributed by atoms with Crippen molar-refractivity contribution in [2.24, 2.45) is 5.92 Å². The molecule has 118 valence electrons. The number of benzene rings is 1. The summed E-state index contributed by atoms with van der Waals surface area (Å²) >= 11 is 0. The van der Waals surface area contributed by atoms with E-state index in [9.17, 15) is 9.90 Å². The summed E-state index contributed by atoms with van der Waals surface area (Å²) in [5.41, 5.74) is 0.940. The summed E-state index contributed by atoms with van der Waals surface area (Å²) < 4.78 is 0. The minimum Gasteiger partial charge on any atom is -0.393 e. The fraction of sp³-hybridized carbons (Fsp3) is 0.500. The molecule has 1 fully saturated rings. The van der Waals surface area contributed by atoms with Crippen molar-refractivity contribution in [1.29, 1.82) is 0 Å². The summed E-state index contributed by atoms with van der Waals surface area (Å²) in [5.74, 6) is 6.14. The van der Waals surface area contributed by atoms with Crippen molar-refractivity contribution in [2.45, 2.75) is 31.8 Å². The first kappa shape index (κ1) is 16.4. The number of carbonyl (C=O) groups is 1. The summed E-state index contributed by atoms with van der Waals surface area (Å²) in [4.78, 5) is 13.6. The first-order valence-electron chi connectivity index (χ1n) is 7.88. The SMILES string of the molecule is CN(C[C@H]1CCCC[C@@H]1O)C(=O)NCC#Cc1ccccc1. The van der Waals surface area contributed by atoms with E-state index in [-0.39, 0.29) is 18.1 Å². The van der Waals surface area contributed by atoms with Gasteiger partial charge in [-0.05, 0) is 25.0 Å². The van der Waals surface area contributed by atoms with Crippen molar-refractivity contribution in [1.82, 2.24) is 10.2 Å². The molecule has 22 heavy (non-hydrogen) atoms. The third kappa shape index (κ3) is 5.09. The molecule has 0 aromatic heterocycles. The standard InChI is InChI=1S/C18H24N2O2/c1-20(14-16-11-5-6-12-17(16)21)18(22)19-13-7-10-15-8-3-2-4-9-15/h2-4,8-9,16-17,21H,5-6,11-14H2,1H3,(H,19,22)/t16-,17+/m1/s1. The lowest BCUT2D eigenvalue weighted by Gasteiger charge is -2.31. The molecule has 2 rings (SSSR count). The van der Waals surface area contributed by atoms with Gasteiger partial charge in [-0.25, -0.2) is 4.79 Å². The average Bonchev–Trinajstić information content (AvgIpc) is 2.54. The van der Waals surface area contributed by atoms with E-state index in [4.69, 9.17) is 0 Å². The Morgan fingerprint density at radius 1 is 1.32 bits per heavy atom. The number of nitrogens with zero attached hydrogens (tertiary/aromatic N) is 1. The number of nitrogens with one attached hydrogen (secondary N) is 1. The second-order valence-corrected chi connectivity index (χ2v) is 5.82. The van der Waals surface area contributed by atoms with E-state index in [1.54, 1.807) is 11.9 Å². The van der Waals surface area contributed by atoms with Crippen LogP contribution < -0.4 is 5.32 Å². The Labute approximate surface area is 132 Å². The molecule has 4 nitrogen and oxygen atoms in total. The molecule has 1 aromatic carbocycles. The minimum atomic E-state index is -0.276. The molecule has 2 atom stereocenters. The highest BCUT2D eigenvalue weighted by Crippen LogP contribution is 2.24. The Balaban J connectivity index is 1.73. The predicted molar refractivity (Wildman–Crippen MR) is 87.3 cm³/mol. The minimum absolute atomic E-state index is 0.139. The Morgan fingerprint density at radius 3 is 2.77 bits per heavy atom. The Bertz CT molecular complexity index is 533. The van der Waals surface area contributed by atoms with Crippen molar-refractivity contribution in [3.63, 3.8) is 0 Å². The average molecular weight is 300 g/mol. The van der Waals surface area contributed by atoms with Gasteiger partial charge in [0, 0.05) is 25.1 Å². The number of hydrogen-bond acceptors (Lipinski definition) is 2. The van der Waals surface area contributed by atoms with E-state index >= 15 is 0 Å². The van der Waals surface area contributed by atoms with Crippen molar-refractivity contribution in [3.05, 3.63) is 35.9 Å². The maximum absolute atomic E-state index is 12.0. The molecular weight excluding hydrogens is 276 g/mol. The second-order valence-electron chi connectivity index (χ2n) is 5.82. The number of aliphatic hydroxyl groups is 1. The first-order chi connectivity index (χ1) is 10.7. The molecule has 2 N–H and O–H groups in total. The van der Waals surface area contributed by atoms with Gasteiger partial charge in [0.2, 0.25) is 0 Å². The molecule has 0 aliphatic heterocycles. The number of urea groups is 1. The zero-order valence-electron chi connectivity index (χ0n) is 13.1. The molecule has 1 aliphatic rings. The molecule has 0 saturated heterocycles. The van der Waals surface area contributed by atoms with E-state index < -0.39 is 0 Å². The highest BCUT2D eigenvalue weighted by atomic mass is 16.3. The second kappa shape index (κ2) is 8.45. The zero-order valence-corrected chi connectivity index (χ0v) is 13.1. The molecule has 1 saturated carbocycles. The molecule has 0 bridgehead atoms. The van der Waals surface area contributed by atoms with Crippen LogP contribution in [0.25, 0.3) is 0 Å². The molecule has 0 unspecified atom stereocenters. The predicted octanol–water partition coefficient (Wildman–Crippen LogP) is 2.23. The Morgan fingerprint density at radius 2 is 2.05 bits per heavy atom. The van der Waals surface area contributed by atoms with Gasteiger partial charge in [0.15, 0.2) is 0 Å². The van der Waals surface area contributed by atoms with E-state index in [0.29, 0.717) is 13.1 Å². The molecule has 0 heterocycles. The number of rotatable bonds is 3. The number of aliphatic hydroxyl groups excluding tert-OH is 1. The lowest BCUT2D eigenvalue weighted by Crippen LogP contribution is -2.43. The van der Waals surface area contributed by atoms with Crippen molar-refractivity contribution in [2.75, 3.05) is 20.1 Å². The number of hydrogen-bond donors (Lipinski definition) is 2. The highest BCUT2D eigenvalue weighted by Gasteiger charge is 2.25. The third-order valence-corrected chi connectivity index (χ3v) is 4.06. The smallest absolute Gasteiger partial charge is 0.317 e. The Hall–Kier alpha value is -1.99. The van der Waals surface area contributed by atoms with E-state index in [1.165, 1.54) is 0 Å². The van der Waals surface area contributed by atoms with E-state index in [1.807, 2.05) is 30.3 Å². The van der Waals surface area contributed by atoms with Crippen LogP contribution in [0.15, 0.2) is 30.3 Å². The van der Waals surface area contributed by atoms with Crippen LogP contribution in [0.4, 0.5) is 4.79 Å². The van der Waals surface area contributed by atoms with Crippen molar-refractivity contribution in [3.8, 4) is 11.8 Å². The Kier molecular flexibility index (Phi) is 6.29. The quantitative estimate of drug-likeness (QED) is 0.841. The zero-order chi connectivity index (χ0) is 15.8. The van der Waals surface area contributed by atoms with Gasteiger partial charge in [0.25, 0.3) is 0 Å². The number of carbonyl (C=O) groups excluding carboxylic acids is 1. The van der Waals surface area contributed by atoms with Gasteiger partial charge in [-0.2, -0.15) is 0 Å². The van der Waals surface area contributed by atoms with Crippen LogP contribution >= 0.6 is 0 Å². The van der Waals surface area contributed by atoms with E-state index in [0.717, 1.165) is 31.2 Å². The third-order valence-electron chi connectivity index (χ3n) is 4.06. The molecule has 4 heteroatoms. The highest BCUT2D eigenvalue weighted by molar-refractivity contribution is 5.74. The van der Waals surface area contributed by atoms with Gasteiger partial charge in [0.05, 0.1) is 12.6 Å². The monoisotopic (exact) mass is 300 g/mol. The fourth-order valence-corrected chi connectivity index (χ4v) is 2.76. The summed E-state index contributed by atoms with van der Waals surface area (Å²) in [5, 5.41) is 12.7. The topological polar surface area (TPSA) is 52.6 Å². The maximum atomic E-state index is 12.0. The van der Waals surface area contributed by atoms with Gasteiger partial charge >= 0.3 is 6.03 Å². The fourth-order valence-electron chi connectivity index (χ4n) is 2.76. The van der Waals surface area contributed by atoms with Crippen LogP contribution in [0.1, 0.15) is 31.2 Å².